The Bertz CT molecular complexity index is 1230. The summed E-state index contributed by atoms with van der Waals surface area (Å²) >= 11 is 0. The molecule has 2 amide bonds. The Hall–Kier alpha value is -4.34. The second kappa shape index (κ2) is 12.1. The number of hydrogen-bond donors (Lipinski definition) is 3. The molecule has 0 atom stereocenters. The lowest BCUT2D eigenvalue weighted by Gasteiger charge is -2.30. The van der Waals surface area contributed by atoms with Gasteiger partial charge in [0.05, 0.1) is 6.61 Å². The van der Waals surface area contributed by atoms with Crippen molar-refractivity contribution in [3.8, 4) is 17.4 Å². The van der Waals surface area contributed by atoms with Crippen LogP contribution in [0.2, 0.25) is 0 Å². The molecule has 0 spiro atoms. The van der Waals surface area contributed by atoms with Crippen molar-refractivity contribution in [2.24, 2.45) is 0 Å². The van der Waals surface area contributed by atoms with Gasteiger partial charge in [-0.25, -0.2) is 9.78 Å². The lowest BCUT2D eigenvalue weighted by atomic mass is 9.96. The molecule has 37 heavy (non-hydrogen) atoms. The summed E-state index contributed by atoms with van der Waals surface area (Å²) in [6.07, 6.45) is 0.644. The molecular formula is C27H30N4O6. The third kappa shape index (κ3) is 6.46. The largest absolute Gasteiger partial charge is 0.501 e. The number of ether oxygens (including phenoxy) is 2. The summed E-state index contributed by atoms with van der Waals surface area (Å²) in [7, 11) is 0. The summed E-state index contributed by atoms with van der Waals surface area (Å²) < 4.78 is 11.0. The molecule has 10 heteroatoms. The summed E-state index contributed by atoms with van der Waals surface area (Å²) in [5.74, 6) is -1.29. The van der Waals surface area contributed by atoms with Crippen molar-refractivity contribution >= 4 is 12.0 Å². The number of benzene rings is 2. The minimum atomic E-state index is -0.679. The number of carbonyl (C=O) groups is 2. The van der Waals surface area contributed by atoms with Crippen molar-refractivity contribution in [1.29, 1.82) is 0 Å². The van der Waals surface area contributed by atoms with E-state index in [1.54, 1.807) is 11.0 Å². The van der Waals surface area contributed by atoms with E-state index in [9.17, 15) is 19.8 Å². The SMILES string of the molecule is CCOc1ccccc1CNC(=O)c1nc(C2CCN(C(=O)OCc3ccccc3)CC2)nc(O)c1O. The first-order chi connectivity index (χ1) is 18.0. The van der Waals surface area contributed by atoms with E-state index in [2.05, 4.69) is 15.3 Å². The lowest BCUT2D eigenvalue weighted by Crippen LogP contribution is -2.38. The molecule has 3 N–H and O–H groups in total. The number of hydrogen-bond acceptors (Lipinski definition) is 8. The second-order valence-electron chi connectivity index (χ2n) is 8.63. The predicted molar refractivity (Wildman–Crippen MR) is 134 cm³/mol. The van der Waals surface area contributed by atoms with Crippen LogP contribution in [0.15, 0.2) is 54.6 Å². The summed E-state index contributed by atoms with van der Waals surface area (Å²) in [5, 5.41) is 23.2. The molecule has 0 aliphatic carbocycles. The van der Waals surface area contributed by atoms with E-state index in [1.807, 2.05) is 55.5 Å². The zero-order chi connectivity index (χ0) is 26.2. The summed E-state index contributed by atoms with van der Waals surface area (Å²) in [6.45, 7) is 3.54. The number of rotatable bonds is 8. The van der Waals surface area contributed by atoms with Gasteiger partial charge in [0, 0.05) is 31.1 Å². The average Bonchev–Trinajstić information content (AvgIpc) is 2.93. The Balaban J connectivity index is 1.37. The molecular weight excluding hydrogens is 476 g/mol. The van der Waals surface area contributed by atoms with Gasteiger partial charge in [0.25, 0.3) is 11.8 Å². The van der Waals surface area contributed by atoms with Crippen LogP contribution >= 0.6 is 0 Å². The highest BCUT2D eigenvalue weighted by atomic mass is 16.6. The Labute approximate surface area is 214 Å². The number of nitrogens with one attached hydrogen (secondary N) is 1. The van der Waals surface area contributed by atoms with Crippen LogP contribution in [0.1, 0.15) is 53.1 Å². The number of para-hydroxylation sites is 1. The standard InChI is InChI=1S/C27H30N4O6/c1-2-36-21-11-7-6-10-20(21)16-28-25(33)22-23(32)26(34)30-24(29-22)19-12-14-31(15-13-19)27(35)37-17-18-8-4-3-5-9-18/h3-11,19,32H,2,12-17H2,1H3,(H,28,33)(H,29,30,34). The normalized spacial score (nSPS) is 13.7. The summed E-state index contributed by atoms with van der Waals surface area (Å²) in [4.78, 5) is 35.2. The maximum absolute atomic E-state index is 12.8. The third-order valence-corrected chi connectivity index (χ3v) is 6.13. The maximum atomic E-state index is 12.8. The molecule has 2 heterocycles. The third-order valence-electron chi connectivity index (χ3n) is 6.13. The molecule has 4 rings (SSSR count). The molecule has 3 aromatic rings. The van der Waals surface area contributed by atoms with Gasteiger partial charge in [0.15, 0.2) is 5.69 Å². The number of piperidine rings is 1. The highest BCUT2D eigenvalue weighted by Gasteiger charge is 2.29. The van der Waals surface area contributed by atoms with Crippen molar-refractivity contribution in [2.75, 3.05) is 19.7 Å². The van der Waals surface area contributed by atoms with Crippen LogP contribution in [0.3, 0.4) is 0 Å². The van der Waals surface area contributed by atoms with Crippen molar-refractivity contribution in [3.63, 3.8) is 0 Å². The molecule has 10 nitrogen and oxygen atoms in total. The Kier molecular flexibility index (Phi) is 8.40. The van der Waals surface area contributed by atoms with Gasteiger partial charge in [-0.2, -0.15) is 4.98 Å². The number of carbonyl (C=O) groups excluding carboxylic acids is 2. The van der Waals surface area contributed by atoms with E-state index >= 15 is 0 Å². The fourth-order valence-corrected chi connectivity index (χ4v) is 4.14. The van der Waals surface area contributed by atoms with Crippen molar-refractivity contribution in [1.82, 2.24) is 20.2 Å². The molecule has 2 aromatic carbocycles. The lowest BCUT2D eigenvalue weighted by molar-refractivity contribution is 0.0865. The summed E-state index contributed by atoms with van der Waals surface area (Å²) in [6, 6.07) is 16.7. The van der Waals surface area contributed by atoms with E-state index in [0.29, 0.717) is 38.3 Å². The molecule has 1 aliphatic rings. The van der Waals surface area contributed by atoms with Gasteiger partial charge in [0.2, 0.25) is 5.75 Å². The van der Waals surface area contributed by atoms with E-state index in [4.69, 9.17) is 9.47 Å². The number of nitrogens with zero attached hydrogens (tertiary/aromatic N) is 3. The fourth-order valence-electron chi connectivity index (χ4n) is 4.14. The monoisotopic (exact) mass is 506 g/mol. The molecule has 1 aliphatic heterocycles. The van der Waals surface area contributed by atoms with E-state index in [1.165, 1.54) is 0 Å². The minimum Gasteiger partial charge on any atom is -0.501 e. The van der Waals surface area contributed by atoms with Crippen LogP contribution in [0.25, 0.3) is 0 Å². The topological polar surface area (TPSA) is 134 Å². The Morgan fingerprint density at radius 2 is 1.73 bits per heavy atom. The van der Waals surface area contributed by atoms with E-state index < -0.39 is 23.6 Å². The molecule has 0 unspecified atom stereocenters. The first kappa shape index (κ1) is 25.7. The van der Waals surface area contributed by atoms with Crippen LogP contribution in [-0.2, 0) is 17.9 Å². The number of aromatic nitrogens is 2. The van der Waals surface area contributed by atoms with E-state index in [0.717, 1.165) is 11.1 Å². The van der Waals surface area contributed by atoms with Gasteiger partial charge >= 0.3 is 6.09 Å². The van der Waals surface area contributed by atoms with Crippen LogP contribution in [0.4, 0.5) is 4.79 Å². The average molecular weight is 507 g/mol. The van der Waals surface area contributed by atoms with Crippen molar-refractivity contribution in [2.45, 2.75) is 38.8 Å². The smallest absolute Gasteiger partial charge is 0.410 e. The molecule has 0 saturated carbocycles. The van der Waals surface area contributed by atoms with Crippen LogP contribution in [0, 0.1) is 0 Å². The van der Waals surface area contributed by atoms with Gasteiger partial charge < -0.3 is 29.9 Å². The Morgan fingerprint density at radius 3 is 2.46 bits per heavy atom. The van der Waals surface area contributed by atoms with Gasteiger partial charge in [-0.05, 0) is 31.4 Å². The summed E-state index contributed by atoms with van der Waals surface area (Å²) in [5.41, 5.74) is 1.37. The second-order valence-corrected chi connectivity index (χ2v) is 8.63. The van der Waals surface area contributed by atoms with Crippen LogP contribution in [-0.4, -0.2) is 56.8 Å². The van der Waals surface area contributed by atoms with E-state index in [-0.39, 0.29) is 30.6 Å². The van der Waals surface area contributed by atoms with Gasteiger partial charge in [-0.15, -0.1) is 0 Å². The number of amides is 2. The number of aromatic hydroxyl groups is 2. The van der Waals surface area contributed by atoms with Gasteiger partial charge in [-0.3, -0.25) is 4.79 Å². The van der Waals surface area contributed by atoms with Crippen molar-refractivity contribution in [3.05, 3.63) is 77.2 Å². The van der Waals surface area contributed by atoms with Crippen LogP contribution < -0.4 is 10.1 Å². The zero-order valence-electron chi connectivity index (χ0n) is 20.6. The first-order valence-electron chi connectivity index (χ1n) is 12.2. The highest BCUT2D eigenvalue weighted by molar-refractivity contribution is 5.95. The first-order valence-corrected chi connectivity index (χ1v) is 12.2. The predicted octanol–water partition coefficient (Wildman–Crippen LogP) is 3.73. The molecule has 1 aromatic heterocycles. The van der Waals surface area contributed by atoms with Crippen molar-refractivity contribution < 1.29 is 29.3 Å². The van der Waals surface area contributed by atoms with Crippen LogP contribution in [0.5, 0.6) is 17.4 Å². The maximum Gasteiger partial charge on any atom is 0.410 e. The molecule has 0 radical (unpaired) electrons. The zero-order valence-corrected chi connectivity index (χ0v) is 20.6. The minimum absolute atomic E-state index is 0.151. The molecule has 1 fully saturated rings. The highest BCUT2D eigenvalue weighted by Crippen LogP contribution is 2.32. The van der Waals surface area contributed by atoms with Gasteiger partial charge in [0.1, 0.15) is 18.2 Å². The quantitative estimate of drug-likeness (QED) is 0.421. The fraction of sp³-hybridized carbons (Fsp3) is 0.333. The molecule has 194 valence electrons. The van der Waals surface area contributed by atoms with Gasteiger partial charge in [-0.1, -0.05) is 48.5 Å². The number of likely N-dealkylation sites (tertiary alicyclic amines) is 1. The Morgan fingerprint density at radius 1 is 1.03 bits per heavy atom. The molecule has 0 bridgehead atoms. The molecule has 1 saturated heterocycles.